The molecule has 0 aromatic heterocycles. The Morgan fingerprint density at radius 1 is 1.03 bits per heavy atom. The van der Waals surface area contributed by atoms with Crippen molar-refractivity contribution < 1.29 is 19.4 Å². The first kappa shape index (κ1) is 25.7. The predicted octanol–water partition coefficient (Wildman–Crippen LogP) is 4.50. The zero-order valence-electron chi connectivity index (χ0n) is 18.9. The molecular weight excluding hydrogens is 428 g/mol. The van der Waals surface area contributed by atoms with E-state index in [2.05, 4.69) is 12.2 Å². The summed E-state index contributed by atoms with van der Waals surface area (Å²) in [6.45, 7) is 3.89. The van der Waals surface area contributed by atoms with Gasteiger partial charge in [0.2, 0.25) is 11.8 Å². The number of aromatic hydroxyl groups is 1. The summed E-state index contributed by atoms with van der Waals surface area (Å²) in [5.41, 5.74) is 1.44. The van der Waals surface area contributed by atoms with Crippen molar-refractivity contribution in [2.75, 3.05) is 26.8 Å². The summed E-state index contributed by atoms with van der Waals surface area (Å²) in [6, 6.07) is 12.6. The number of phenols is 1. The maximum atomic E-state index is 13.6. The van der Waals surface area contributed by atoms with Crippen LogP contribution in [-0.2, 0) is 20.7 Å². The molecule has 0 heterocycles. The smallest absolute Gasteiger partial charge is 0.249 e. The Balaban J connectivity index is 2.20. The fourth-order valence-corrected chi connectivity index (χ4v) is 3.55. The molecule has 2 aromatic carbocycles. The van der Waals surface area contributed by atoms with E-state index >= 15 is 0 Å². The third-order valence-electron chi connectivity index (χ3n) is 5.18. The summed E-state index contributed by atoms with van der Waals surface area (Å²) in [5, 5.41) is 12.9. The monoisotopic (exact) mass is 460 g/mol. The molecule has 2 rings (SSSR count). The van der Waals surface area contributed by atoms with E-state index in [1.54, 1.807) is 43.5 Å². The van der Waals surface area contributed by atoms with Crippen LogP contribution in [-0.4, -0.2) is 48.6 Å². The summed E-state index contributed by atoms with van der Waals surface area (Å²) >= 11 is 6.04. The van der Waals surface area contributed by atoms with Gasteiger partial charge in [0.15, 0.2) is 0 Å². The molecule has 1 atom stereocenters. The number of phenolic OH excluding ortho intramolecular Hbond substituents is 1. The highest BCUT2D eigenvalue weighted by Gasteiger charge is 2.27. The zero-order valence-corrected chi connectivity index (χ0v) is 19.6. The molecule has 2 aromatic rings. The van der Waals surface area contributed by atoms with E-state index in [1.165, 1.54) is 12.1 Å². The topological polar surface area (TPSA) is 78.9 Å². The van der Waals surface area contributed by atoms with Crippen molar-refractivity contribution in [1.29, 1.82) is 0 Å². The van der Waals surface area contributed by atoms with E-state index in [9.17, 15) is 14.7 Å². The molecule has 0 radical (unpaired) electrons. The molecule has 2 amide bonds. The van der Waals surface area contributed by atoms with Crippen LogP contribution < -0.4 is 5.32 Å². The number of methoxy groups -OCH3 is 1. The van der Waals surface area contributed by atoms with Crippen LogP contribution in [0.2, 0.25) is 5.02 Å². The fourth-order valence-electron chi connectivity index (χ4n) is 3.42. The molecule has 0 unspecified atom stereocenters. The lowest BCUT2D eigenvalue weighted by Crippen LogP contribution is -2.44. The molecule has 174 valence electrons. The number of ether oxygens (including phenoxy) is 1. The number of carbonyl (C=O) groups excluding carboxylic acids is 2. The Labute approximate surface area is 195 Å². The number of unbranched alkanes of at least 4 members (excludes halogenated alkanes) is 2. The standard InChI is InChI=1S/C25H33ClN2O4/c1-3-4-5-15-28(16-6-17-32-2)25(31)24(20-9-11-21(26)12-10-20)27-23(30)18-19-7-13-22(29)14-8-19/h7-14,24,29H,3-6,15-18H2,1-2H3,(H,27,30)/t24-/m1/s1. The fraction of sp³-hybridized carbons (Fsp3) is 0.440. The third kappa shape index (κ3) is 8.52. The minimum Gasteiger partial charge on any atom is -0.508 e. The zero-order chi connectivity index (χ0) is 23.3. The van der Waals surface area contributed by atoms with Gasteiger partial charge in [-0.15, -0.1) is 0 Å². The number of hydrogen-bond acceptors (Lipinski definition) is 4. The van der Waals surface area contributed by atoms with E-state index in [-0.39, 0.29) is 24.0 Å². The molecule has 0 aliphatic heterocycles. The molecule has 0 aliphatic rings. The van der Waals surface area contributed by atoms with Crippen molar-refractivity contribution in [1.82, 2.24) is 10.2 Å². The number of amides is 2. The van der Waals surface area contributed by atoms with Gasteiger partial charge in [0.05, 0.1) is 6.42 Å². The van der Waals surface area contributed by atoms with Crippen molar-refractivity contribution in [3.8, 4) is 5.75 Å². The van der Waals surface area contributed by atoms with E-state index in [0.29, 0.717) is 30.3 Å². The number of rotatable bonds is 13. The van der Waals surface area contributed by atoms with Gasteiger partial charge < -0.3 is 20.1 Å². The average molecular weight is 461 g/mol. The van der Waals surface area contributed by atoms with E-state index < -0.39 is 6.04 Å². The molecule has 32 heavy (non-hydrogen) atoms. The first-order chi connectivity index (χ1) is 15.4. The van der Waals surface area contributed by atoms with Gasteiger partial charge in [-0.05, 0) is 48.2 Å². The lowest BCUT2D eigenvalue weighted by Gasteiger charge is -2.28. The van der Waals surface area contributed by atoms with Gasteiger partial charge in [-0.25, -0.2) is 0 Å². The molecule has 2 N–H and O–H groups in total. The number of nitrogens with zero attached hydrogens (tertiary/aromatic N) is 1. The summed E-state index contributed by atoms with van der Waals surface area (Å²) in [5.74, 6) is -0.268. The second-order valence-electron chi connectivity index (χ2n) is 7.77. The Bertz CT molecular complexity index is 830. The van der Waals surface area contributed by atoms with Crippen LogP contribution in [0.25, 0.3) is 0 Å². The number of carbonyl (C=O) groups is 2. The molecular formula is C25H33ClN2O4. The van der Waals surface area contributed by atoms with Crippen molar-refractivity contribution in [2.45, 2.75) is 45.1 Å². The number of benzene rings is 2. The van der Waals surface area contributed by atoms with E-state index in [1.807, 2.05) is 4.90 Å². The molecule has 0 fully saturated rings. The summed E-state index contributed by atoms with van der Waals surface area (Å²) < 4.78 is 5.16. The van der Waals surface area contributed by atoms with Crippen LogP contribution in [0.4, 0.5) is 0 Å². The number of hydrogen-bond donors (Lipinski definition) is 2. The van der Waals surface area contributed by atoms with Crippen LogP contribution >= 0.6 is 11.6 Å². The first-order valence-electron chi connectivity index (χ1n) is 11.0. The van der Waals surface area contributed by atoms with Gasteiger partial charge in [0.1, 0.15) is 11.8 Å². The van der Waals surface area contributed by atoms with Gasteiger partial charge in [0.25, 0.3) is 0 Å². The third-order valence-corrected chi connectivity index (χ3v) is 5.43. The maximum Gasteiger partial charge on any atom is 0.249 e. The van der Waals surface area contributed by atoms with Crippen LogP contribution in [0.15, 0.2) is 48.5 Å². The summed E-state index contributed by atoms with van der Waals surface area (Å²) in [6.07, 6.45) is 3.83. The van der Waals surface area contributed by atoms with E-state index in [4.69, 9.17) is 16.3 Å². The van der Waals surface area contributed by atoms with Gasteiger partial charge in [-0.3, -0.25) is 9.59 Å². The molecule has 0 saturated carbocycles. The highest BCUT2D eigenvalue weighted by atomic mass is 35.5. The van der Waals surface area contributed by atoms with Crippen LogP contribution in [0.3, 0.4) is 0 Å². The summed E-state index contributed by atoms with van der Waals surface area (Å²) in [4.78, 5) is 28.2. The quantitative estimate of drug-likeness (QED) is 0.431. The SMILES string of the molecule is CCCCCN(CCCOC)C(=O)[C@H](NC(=O)Cc1ccc(O)cc1)c1ccc(Cl)cc1. The van der Waals surface area contributed by atoms with Gasteiger partial charge in [0, 0.05) is 31.8 Å². The lowest BCUT2D eigenvalue weighted by molar-refractivity contribution is -0.136. The molecule has 7 heteroatoms. The van der Waals surface area contributed by atoms with Gasteiger partial charge in [-0.2, -0.15) is 0 Å². The van der Waals surface area contributed by atoms with Crippen LogP contribution in [0.5, 0.6) is 5.75 Å². The van der Waals surface area contributed by atoms with Crippen molar-refractivity contribution in [2.24, 2.45) is 0 Å². The Morgan fingerprint density at radius 3 is 2.31 bits per heavy atom. The summed E-state index contributed by atoms with van der Waals surface area (Å²) in [7, 11) is 1.64. The van der Waals surface area contributed by atoms with Crippen LogP contribution in [0, 0.1) is 0 Å². The molecule has 0 spiro atoms. The normalized spacial score (nSPS) is 11.7. The van der Waals surface area contributed by atoms with Crippen molar-refractivity contribution in [3.63, 3.8) is 0 Å². The first-order valence-corrected chi connectivity index (χ1v) is 11.4. The molecule has 0 aliphatic carbocycles. The maximum absolute atomic E-state index is 13.6. The minimum absolute atomic E-state index is 0.108. The van der Waals surface area contributed by atoms with E-state index in [0.717, 1.165) is 31.2 Å². The van der Waals surface area contributed by atoms with Gasteiger partial charge >= 0.3 is 0 Å². The average Bonchev–Trinajstić information content (AvgIpc) is 2.78. The minimum atomic E-state index is -0.805. The molecule has 0 saturated heterocycles. The number of halogens is 1. The highest BCUT2D eigenvalue weighted by Crippen LogP contribution is 2.20. The lowest BCUT2D eigenvalue weighted by atomic mass is 10.0. The highest BCUT2D eigenvalue weighted by molar-refractivity contribution is 6.30. The molecule has 6 nitrogen and oxygen atoms in total. The van der Waals surface area contributed by atoms with Crippen LogP contribution in [0.1, 0.15) is 49.8 Å². The Morgan fingerprint density at radius 2 is 1.69 bits per heavy atom. The number of nitrogens with one attached hydrogen (secondary N) is 1. The van der Waals surface area contributed by atoms with Crippen molar-refractivity contribution in [3.05, 3.63) is 64.7 Å². The molecule has 0 bridgehead atoms. The second-order valence-corrected chi connectivity index (χ2v) is 8.21. The van der Waals surface area contributed by atoms with Crippen molar-refractivity contribution >= 4 is 23.4 Å². The Hall–Kier alpha value is -2.57. The van der Waals surface area contributed by atoms with Gasteiger partial charge in [-0.1, -0.05) is 55.6 Å². The predicted molar refractivity (Wildman–Crippen MR) is 127 cm³/mol. The second kappa shape index (κ2) is 13.8. The largest absolute Gasteiger partial charge is 0.508 e. The Kier molecular flexibility index (Phi) is 11.0.